The van der Waals surface area contributed by atoms with Crippen molar-refractivity contribution in [3.63, 3.8) is 0 Å². The van der Waals surface area contributed by atoms with Gasteiger partial charge in [-0.3, -0.25) is 4.98 Å². The number of hydrogen-bond donors (Lipinski definition) is 0. The van der Waals surface area contributed by atoms with Gasteiger partial charge in [0, 0.05) is 60.6 Å². The fourth-order valence-corrected chi connectivity index (χ4v) is 4.10. The first-order valence-electron chi connectivity index (χ1n) is 9.35. The second kappa shape index (κ2) is 6.13. The highest BCUT2D eigenvalue weighted by molar-refractivity contribution is 6.08. The summed E-state index contributed by atoms with van der Waals surface area (Å²) in [4.78, 5) is 11.4. The van der Waals surface area contributed by atoms with Gasteiger partial charge in [0.05, 0.1) is 5.52 Å². The number of piperidine rings is 1. The highest BCUT2D eigenvalue weighted by Gasteiger charge is 2.13. The Hall–Kier alpha value is -2.88. The molecule has 1 saturated heterocycles. The van der Waals surface area contributed by atoms with Crippen LogP contribution in [0.25, 0.3) is 32.9 Å². The molecule has 0 saturated carbocycles. The number of aromatic nitrogens is 3. The van der Waals surface area contributed by atoms with Crippen LogP contribution in [0.5, 0.6) is 0 Å². The van der Waals surface area contributed by atoms with Crippen molar-refractivity contribution in [1.82, 2.24) is 14.5 Å². The Kier molecular flexibility index (Phi) is 3.63. The van der Waals surface area contributed by atoms with E-state index in [4.69, 9.17) is 4.98 Å². The van der Waals surface area contributed by atoms with Crippen molar-refractivity contribution in [2.45, 2.75) is 19.3 Å². The van der Waals surface area contributed by atoms with E-state index >= 15 is 0 Å². The van der Waals surface area contributed by atoms with Gasteiger partial charge in [0.15, 0.2) is 0 Å². The van der Waals surface area contributed by atoms with Crippen LogP contribution < -0.4 is 4.90 Å². The summed E-state index contributed by atoms with van der Waals surface area (Å²) >= 11 is 0. The van der Waals surface area contributed by atoms with Gasteiger partial charge in [0.25, 0.3) is 0 Å². The number of anilines is 1. The fraction of sp³-hybridized carbons (Fsp3) is 0.273. The van der Waals surface area contributed by atoms with Crippen LogP contribution in [0.15, 0.2) is 55.0 Å². The SMILES string of the molecule is Cn1c2ccncc2c2ccc(-c3ccc(N4CCCCC4)nc3)cc21. The minimum atomic E-state index is 1.10. The minimum absolute atomic E-state index is 1.10. The van der Waals surface area contributed by atoms with Gasteiger partial charge in [0.1, 0.15) is 5.82 Å². The van der Waals surface area contributed by atoms with Gasteiger partial charge in [-0.15, -0.1) is 0 Å². The lowest BCUT2D eigenvalue weighted by molar-refractivity contribution is 0.573. The molecule has 26 heavy (non-hydrogen) atoms. The van der Waals surface area contributed by atoms with Crippen molar-refractivity contribution >= 4 is 27.6 Å². The molecule has 0 amide bonds. The Morgan fingerprint density at radius 1 is 0.808 bits per heavy atom. The summed E-state index contributed by atoms with van der Waals surface area (Å²) in [5.41, 5.74) is 4.81. The topological polar surface area (TPSA) is 34.0 Å². The predicted octanol–water partition coefficient (Wildman–Crippen LogP) is 4.78. The van der Waals surface area contributed by atoms with E-state index in [9.17, 15) is 0 Å². The zero-order valence-electron chi connectivity index (χ0n) is 15.0. The Bertz CT molecular complexity index is 1070. The summed E-state index contributed by atoms with van der Waals surface area (Å²) in [7, 11) is 2.12. The van der Waals surface area contributed by atoms with Gasteiger partial charge in [-0.05, 0) is 49.1 Å². The molecule has 0 unspecified atom stereocenters. The lowest BCUT2D eigenvalue weighted by atomic mass is 10.1. The van der Waals surface area contributed by atoms with Crippen LogP contribution in [0.4, 0.5) is 5.82 Å². The first kappa shape index (κ1) is 15.4. The van der Waals surface area contributed by atoms with Crippen LogP contribution in [0, 0.1) is 0 Å². The monoisotopic (exact) mass is 342 g/mol. The van der Waals surface area contributed by atoms with Crippen LogP contribution in [0.3, 0.4) is 0 Å². The van der Waals surface area contributed by atoms with Gasteiger partial charge in [0.2, 0.25) is 0 Å². The molecular formula is C22H22N4. The summed E-state index contributed by atoms with van der Waals surface area (Å²) in [6.07, 6.45) is 9.70. The Balaban J connectivity index is 1.54. The molecule has 1 fully saturated rings. The maximum atomic E-state index is 4.73. The molecule has 1 aliphatic heterocycles. The first-order chi connectivity index (χ1) is 12.8. The van der Waals surface area contributed by atoms with Crippen LogP contribution >= 0.6 is 0 Å². The molecule has 0 N–H and O–H groups in total. The molecule has 4 nitrogen and oxygen atoms in total. The van der Waals surface area contributed by atoms with E-state index in [1.165, 1.54) is 46.6 Å². The van der Waals surface area contributed by atoms with Gasteiger partial charge < -0.3 is 9.47 Å². The molecule has 1 aromatic carbocycles. The van der Waals surface area contributed by atoms with Crippen molar-refractivity contribution in [3.8, 4) is 11.1 Å². The summed E-state index contributed by atoms with van der Waals surface area (Å²) in [5.74, 6) is 1.10. The average Bonchev–Trinajstić information content (AvgIpc) is 3.01. The number of benzene rings is 1. The Morgan fingerprint density at radius 3 is 2.46 bits per heavy atom. The Morgan fingerprint density at radius 2 is 1.65 bits per heavy atom. The molecule has 4 heterocycles. The highest BCUT2D eigenvalue weighted by atomic mass is 15.2. The van der Waals surface area contributed by atoms with Crippen LogP contribution in [-0.4, -0.2) is 27.6 Å². The van der Waals surface area contributed by atoms with Gasteiger partial charge in [-0.25, -0.2) is 4.98 Å². The molecule has 1 aliphatic rings. The maximum Gasteiger partial charge on any atom is 0.128 e. The van der Waals surface area contributed by atoms with Crippen molar-refractivity contribution in [1.29, 1.82) is 0 Å². The third-order valence-corrected chi connectivity index (χ3v) is 5.57. The quantitative estimate of drug-likeness (QED) is 0.526. The van der Waals surface area contributed by atoms with Crippen molar-refractivity contribution in [3.05, 3.63) is 55.0 Å². The van der Waals surface area contributed by atoms with Gasteiger partial charge >= 0.3 is 0 Å². The Labute approximate surface area is 153 Å². The number of pyridine rings is 2. The van der Waals surface area contributed by atoms with Crippen LogP contribution in [0.1, 0.15) is 19.3 Å². The largest absolute Gasteiger partial charge is 0.357 e. The standard InChI is InChI=1S/C22H22N4/c1-25-20-9-10-23-15-19(20)18-7-5-16(13-21(18)25)17-6-8-22(24-14-17)26-11-3-2-4-12-26/h5-10,13-15H,2-4,11-12H2,1H3. The van der Waals surface area contributed by atoms with E-state index in [0.717, 1.165) is 24.5 Å². The highest BCUT2D eigenvalue weighted by Crippen LogP contribution is 2.31. The third kappa shape index (κ3) is 2.45. The second-order valence-electron chi connectivity index (χ2n) is 7.14. The van der Waals surface area contributed by atoms with Crippen LogP contribution in [0.2, 0.25) is 0 Å². The summed E-state index contributed by atoms with van der Waals surface area (Å²) in [6.45, 7) is 2.25. The predicted molar refractivity (Wildman–Crippen MR) is 108 cm³/mol. The molecule has 0 aliphatic carbocycles. The van der Waals surface area contributed by atoms with E-state index in [2.05, 4.69) is 57.9 Å². The summed E-state index contributed by atoms with van der Waals surface area (Å²) in [6, 6.07) is 13.1. The average molecular weight is 342 g/mol. The van der Waals surface area contributed by atoms with E-state index in [0.29, 0.717) is 0 Å². The molecule has 0 atom stereocenters. The summed E-state index contributed by atoms with van der Waals surface area (Å²) < 4.78 is 2.24. The lowest BCUT2D eigenvalue weighted by Gasteiger charge is -2.27. The molecule has 0 bridgehead atoms. The minimum Gasteiger partial charge on any atom is -0.357 e. The lowest BCUT2D eigenvalue weighted by Crippen LogP contribution is -2.29. The molecule has 0 spiro atoms. The smallest absolute Gasteiger partial charge is 0.128 e. The van der Waals surface area contributed by atoms with E-state index < -0.39 is 0 Å². The van der Waals surface area contributed by atoms with E-state index in [1.807, 2.05) is 18.6 Å². The van der Waals surface area contributed by atoms with E-state index in [-0.39, 0.29) is 0 Å². The van der Waals surface area contributed by atoms with Gasteiger partial charge in [-0.2, -0.15) is 0 Å². The third-order valence-electron chi connectivity index (χ3n) is 5.57. The fourth-order valence-electron chi connectivity index (χ4n) is 4.10. The van der Waals surface area contributed by atoms with E-state index in [1.54, 1.807) is 0 Å². The molecule has 5 rings (SSSR count). The number of rotatable bonds is 2. The number of aryl methyl sites for hydroxylation is 1. The number of fused-ring (bicyclic) bond motifs is 3. The van der Waals surface area contributed by atoms with Crippen molar-refractivity contribution < 1.29 is 0 Å². The molecule has 4 aromatic rings. The molecule has 130 valence electrons. The van der Waals surface area contributed by atoms with Crippen molar-refractivity contribution in [2.24, 2.45) is 7.05 Å². The zero-order chi connectivity index (χ0) is 17.5. The normalized spacial score (nSPS) is 15.0. The molecule has 0 radical (unpaired) electrons. The molecule has 3 aromatic heterocycles. The maximum absolute atomic E-state index is 4.73. The molecule has 4 heteroatoms. The number of nitrogens with zero attached hydrogens (tertiary/aromatic N) is 4. The first-order valence-corrected chi connectivity index (χ1v) is 9.35. The van der Waals surface area contributed by atoms with Crippen molar-refractivity contribution in [2.75, 3.05) is 18.0 Å². The van der Waals surface area contributed by atoms with Gasteiger partial charge in [-0.1, -0.05) is 12.1 Å². The second-order valence-corrected chi connectivity index (χ2v) is 7.14. The summed E-state index contributed by atoms with van der Waals surface area (Å²) in [5, 5.41) is 2.45. The zero-order valence-corrected chi connectivity index (χ0v) is 15.0. The van der Waals surface area contributed by atoms with Crippen LogP contribution in [-0.2, 0) is 7.05 Å². The molecular weight excluding hydrogens is 320 g/mol. The number of hydrogen-bond acceptors (Lipinski definition) is 3.